The maximum atomic E-state index is 12.7. The van der Waals surface area contributed by atoms with Crippen LogP contribution in [0.1, 0.15) is 20.8 Å². The van der Waals surface area contributed by atoms with Crippen molar-refractivity contribution in [2.45, 2.75) is 26.8 Å². The Morgan fingerprint density at radius 3 is 2.35 bits per heavy atom. The number of nitrogens with two attached hydrogens (primary N) is 1. The fourth-order valence-corrected chi connectivity index (χ4v) is 3.04. The largest absolute Gasteiger partial charge is 0.399 e. The van der Waals surface area contributed by atoms with Gasteiger partial charge in [-0.05, 0) is 24.1 Å². The quantitative estimate of drug-likeness (QED) is 0.823. The highest BCUT2D eigenvalue weighted by Crippen LogP contribution is 2.18. The van der Waals surface area contributed by atoms with Gasteiger partial charge in [-0.3, -0.25) is 14.5 Å². The molecule has 6 heteroatoms. The van der Waals surface area contributed by atoms with E-state index in [0.717, 1.165) is 0 Å². The first-order valence-corrected chi connectivity index (χ1v) is 8.04. The lowest BCUT2D eigenvalue weighted by molar-refractivity contribution is -0.132. The van der Waals surface area contributed by atoms with Crippen molar-refractivity contribution in [1.82, 2.24) is 9.80 Å². The van der Waals surface area contributed by atoms with Crippen LogP contribution >= 0.6 is 0 Å². The third-order valence-corrected chi connectivity index (χ3v) is 4.21. The van der Waals surface area contributed by atoms with Crippen molar-refractivity contribution in [2.24, 2.45) is 5.92 Å². The molecule has 126 valence electrons. The standard InChI is InChI=1S/C17H26N4O2/c1-12(2)16(21-9-7-20(8-10-21)13(3)22)17(23)19-15-6-4-5-14(18)11-15/h4-6,11-12,16H,7-10,18H2,1-3H3,(H,19,23). The molecular formula is C17H26N4O2. The normalized spacial score (nSPS) is 17.1. The van der Waals surface area contributed by atoms with Gasteiger partial charge in [0.25, 0.3) is 0 Å². The van der Waals surface area contributed by atoms with Gasteiger partial charge in [-0.2, -0.15) is 0 Å². The first kappa shape index (κ1) is 17.3. The number of benzene rings is 1. The number of anilines is 2. The molecule has 0 aromatic heterocycles. The minimum Gasteiger partial charge on any atom is -0.399 e. The van der Waals surface area contributed by atoms with Crippen molar-refractivity contribution in [3.05, 3.63) is 24.3 Å². The number of hydrogen-bond acceptors (Lipinski definition) is 4. The van der Waals surface area contributed by atoms with Gasteiger partial charge in [0, 0.05) is 44.5 Å². The average molecular weight is 318 g/mol. The molecule has 1 aliphatic rings. The molecule has 1 aliphatic heterocycles. The molecule has 23 heavy (non-hydrogen) atoms. The molecule has 1 heterocycles. The van der Waals surface area contributed by atoms with Crippen LogP contribution in [0.25, 0.3) is 0 Å². The molecule has 0 bridgehead atoms. The van der Waals surface area contributed by atoms with Crippen LogP contribution in [0.2, 0.25) is 0 Å². The van der Waals surface area contributed by atoms with E-state index in [9.17, 15) is 9.59 Å². The second-order valence-electron chi connectivity index (χ2n) is 6.35. The van der Waals surface area contributed by atoms with Gasteiger partial charge >= 0.3 is 0 Å². The summed E-state index contributed by atoms with van der Waals surface area (Å²) in [6, 6.07) is 6.98. The topological polar surface area (TPSA) is 78.7 Å². The molecule has 0 aliphatic carbocycles. The van der Waals surface area contributed by atoms with E-state index < -0.39 is 0 Å². The van der Waals surface area contributed by atoms with Gasteiger partial charge in [-0.25, -0.2) is 0 Å². The number of nitrogens with zero attached hydrogens (tertiary/aromatic N) is 2. The van der Waals surface area contributed by atoms with Crippen LogP contribution in [0.4, 0.5) is 11.4 Å². The molecule has 2 rings (SSSR count). The number of nitrogen functional groups attached to an aromatic ring is 1. The molecule has 2 amide bonds. The van der Waals surface area contributed by atoms with Crippen molar-refractivity contribution in [2.75, 3.05) is 37.2 Å². The molecule has 1 aromatic carbocycles. The minimum atomic E-state index is -0.217. The zero-order chi connectivity index (χ0) is 17.0. The first-order valence-electron chi connectivity index (χ1n) is 8.04. The lowest BCUT2D eigenvalue weighted by Gasteiger charge is -2.39. The van der Waals surface area contributed by atoms with E-state index >= 15 is 0 Å². The van der Waals surface area contributed by atoms with E-state index in [1.807, 2.05) is 30.9 Å². The Bertz CT molecular complexity index is 565. The summed E-state index contributed by atoms with van der Waals surface area (Å²) < 4.78 is 0. The van der Waals surface area contributed by atoms with E-state index in [4.69, 9.17) is 5.73 Å². The monoisotopic (exact) mass is 318 g/mol. The summed E-state index contributed by atoms with van der Waals surface area (Å²) in [5, 5.41) is 2.95. The highest BCUT2D eigenvalue weighted by atomic mass is 16.2. The number of piperazine rings is 1. The molecule has 1 aromatic rings. The molecular weight excluding hydrogens is 292 g/mol. The summed E-state index contributed by atoms with van der Waals surface area (Å²) in [4.78, 5) is 28.1. The van der Waals surface area contributed by atoms with E-state index in [1.54, 1.807) is 19.1 Å². The molecule has 0 radical (unpaired) electrons. The Kier molecular flexibility index (Phi) is 5.60. The number of rotatable bonds is 4. The Hall–Kier alpha value is -2.08. The minimum absolute atomic E-state index is 0.0260. The molecule has 0 spiro atoms. The number of carbonyl (C=O) groups excluding carboxylic acids is 2. The fourth-order valence-electron chi connectivity index (χ4n) is 3.04. The molecule has 3 N–H and O–H groups in total. The van der Waals surface area contributed by atoms with Gasteiger partial charge in [0.15, 0.2) is 0 Å². The zero-order valence-corrected chi connectivity index (χ0v) is 14.1. The van der Waals surface area contributed by atoms with Crippen molar-refractivity contribution in [3.8, 4) is 0 Å². The summed E-state index contributed by atoms with van der Waals surface area (Å²) in [7, 11) is 0. The maximum Gasteiger partial charge on any atom is 0.241 e. The number of carbonyl (C=O) groups is 2. The smallest absolute Gasteiger partial charge is 0.241 e. The summed E-state index contributed by atoms with van der Waals surface area (Å²) in [6.45, 7) is 8.44. The van der Waals surface area contributed by atoms with Gasteiger partial charge in [-0.1, -0.05) is 19.9 Å². The van der Waals surface area contributed by atoms with E-state index in [0.29, 0.717) is 37.6 Å². The summed E-state index contributed by atoms with van der Waals surface area (Å²) in [5.74, 6) is 0.247. The van der Waals surface area contributed by atoms with Crippen molar-refractivity contribution in [3.63, 3.8) is 0 Å². The van der Waals surface area contributed by atoms with Crippen LogP contribution < -0.4 is 11.1 Å². The van der Waals surface area contributed by atoms with Gasteiger partial charge in [-0.15, -0.1) is 0 Å². The summed E-state index contributed by atoms with van der Waals surface area (Å²) in [6.07, 6.45) is 0. The van der Waals surface area contributed by atoms with Crippen molar-refractivity contribution in [1.29, 1.82) is 0 Å². The van der Waals surface area contributed by atoms with Crippen LogP contribution in [0, 0.1) is 5.92 Å². The Balaban J connectivity index is 2.03. The molecule has 0 saturated carbocycles. The third kappa shape index (κ3) is 4.45. The number of nitrogens with one attached hydrogen (secondary N) is 1. The van der Waals surface area contributed by atoms with Crippen molar-refractivity contribution >= 4 is 23.2 Å². The molecule has 1 unspecified atom stereocenters. The molecule has 6 nitrogen and oxygen atoms in total. The lowest BCUT2D eigenvalue weighted by Crippen LogP contribution is -2.56. The zero-order valence-electron chi connectivity index (χ0n) is 14.1. The Morgan fingerprint density at radius 1 is 1.17 bits per heavy atom. The van der Waals surface area contributed by atoms with Gasteiger partial charge in [0.2, 0.25) is 11.8 Å². The van der Waals surface area contributed by atoms with Crippen LogP contribution in [0.15, 0.2) is 24.3 Å². The summed E-state index contributed by atoms with van der Waals surface area (Å²) >= 11 is 0. The average Bonchev–Trinajstić information content (AvgIpc) is 2.47. The lowest BCUT2D eigenvalue weighted by atomic mass is 10.0. The van der Waals surface area contributed by atoms with Gasteiger partial charge in [0.1, 0.15) is 0 Å². The highest BCUT2D eigenvalue weighted by Gasteiger charge is 2.31. The molecule has 1 atom stereocenters. The third-order valence-electron chi connectivity index (χ3n) is 4.21. The van der Waals surface area contributed by atoms with Gasteiger partial charge in [0.05, 0.1) is 6.04 Å². The Labute approximate surface area is 137 Å². The molecule has 1 fully saturated rings. The van der Waals surface area contributed by atoms with Crippen LogP contribution in [0.5, 0.6) is 0 Å². The van der Waals surface area contributed by atoms with Crippen LogP contribution in [0.3, 0.4) is 0 Å². The van der Waals surface area contributed by atoms with Gasteiger partial charge < -0.3 is 16.0 Å². The molecule has 1 saturated heterocycles. The second kappa shape index (κ2) is 7.46. The van der Waals surface area contributed by atoms with Crippen LogP contribution in [-0.2, 0) is 9.59 Å². The maximum absolute atomic E-state index is 12.7. The van der Waals surface area contributed by atoms with E-state index in [2.05, 4.69) is 10.2 Å². The predicted octanol–water partition coefficient (Wildman–Crippen LogP) is 1.40. The van der Waals surface area contributed by atoms with E-state index in [1.165, 1.54) is 0 Å². The Morgan fingerprint density at radius 2 is 1.83 bits per heavy atom. The van der Waals surface area contributed by atoms with Crippen LogP contribution in [-0.4, -0.2) is 53.8 Å². The second-order valence-corrected chi connectivity index (χ2v) is 6.35. The summed E-state index contributed by atoms with van der Waals surface area (Å²) in [5.41, 5.74) is 7.09. The number of amides is 2. The predicted molar refractivity (Wildman–Crippen MR) is 91.9 cm³/mol. The highest BCUT2D eigenvalue weighted by molar-refractivity contribution is 5.95. The van der Waals surface area contributed by atoms with Crippen molar-refractivity contribution < 1.29 is 9.59 Å². The fraction of sp³-hybridized carbons (Fsp3) is 0.529. The van der Waals surface area contributed by atoms with E-state index in [-0.39, 0.29) is 23.8 Å². The number of hydrogen-bond donors (Lipinski definition) is 2. The SMILES string of the molecule is CC(=O)N1CCN(C(C(=O)Nc2cccc(N)c2)C(C)C)CC1. The first-order chi connectivity index (χ1) is 10.9.